The number of alkyl halides is 1. The van der Waals surface area contributed by atoms with Crippen molar-refractivity contribution in [3.63, 3.8) is 0 Å². The van der Waals surface area contributed by atoms with Crippen LogP contribution in [0.15, 0.2) is 0 Å². The van der Waals surface area contributed by atoms with Crippen LogP contribution in [0.4, 0.5) is 4.79 Å². The molecule has 1 unspecified atom stereocenters. The summed E-state index contributed by atoms with van der Waals surface area (Å²) >= 11 is -1.90. The summed E-state index contributed by atoms with van der Waals surface area (Å²) in [7, 11) is 0. The number of nitrogens with two attached hydrogens (primary N) is 1. The number of halogens is 1. The molecule has 4 nitrogen and oxygen atoms in total. The second kappa shape index (κ2) is 4.98. The summed E-state index contributed by atoms with van der Waals surface area (Å²) in [5.41, 5.74) is 0. The molecule has 12 heavy (non-hydrogen) atoms. The molecule has 0 spiro atoms. The number of ether oxygens (including phenoxy) is 2. The van der Waals surface area contributed by atoms with Gasteiger partial charge in [0.1, 0.15) is 0 Å². The summed E-state index contributed by atoms with van der Waals surface area (Å²) in [5, 5.41) is 0. The Balaban J connectivity index is 2.12. The van der Waals surface area contributed by atoms with Crippen LogP contribution in [-0.2, 0) is 9.47 Å². The zero-order chi connectivity index (χ0) is 8.97. The fourth-order valence-electron chi connectivity index (χ4n) is 1.02. The van der Waals surface area contributed by atoms with E-state index in [2.05, 4.69) is 0 Å². The Morgan fingerprint density at radius 3 is 3.08 bits per heavy atom. The second-order valence-electron chi connectivity index (χ2n) is 2.70. The van der Waals surface area contributed by atoms with E-state index in [1.807, 2.05) is 0 Å². The maximum absolute atomic E-state index is 11.0. The normalized spacial score (nSPS) is 23.8. The van der Waals surface area contributed by atoms with E-state index in [0.29, 0.717) is 6.61 Å². The fourth-order valence-corrected chi connectivity index (χ4v) is 1.69. The molecule has 0 saturated carbocycles. The molecule has 1 rings (SSSR count). The molecule has 0 aromatic carbocycles. The summed E-state index contributed by atoms with van der Waals surface area (Å²) in [6.45, 7) is 1.18. The molecular weight excluding hydrogens is 273 g/mol. The van der Waals surface area contributed by atoms with E-state index in [9.17, 15) is 4.79 Å². The number of hydrogen-bond donors (Lipinski definition) is 1. The summed E-state index contributed by atoms with van der Waals surface area (Å²) in [6, 6.07) is 0. The predicted octanol–water partition coefficient (Wildman–Crippen LogP) is 1.31. The van der Waals surface area contributed by atoms with Gasteiger partial charge < -0.3 is 0 Å². The van der Waals surface area contributed by atoms with Crippen molar-refractivity contribution in [2.75, 3.05) is 18.1 Å². The summed E-state index contributed by atoms with van der Waals surface area (Å²) in [4.78, 5) is 12.7. The van der Waals surface area contributed by atoms with E-state index in [0.717, 1.165) is 19.4 Å². The van der Waals surface area contributed by atoms with Crippen molar-refractivity contribution in [2.24, 2.45) is 3.95 Å². The average molecular weight is 287 g/mol. The molecule has 0 amide bonds. The van der Waals surface area contributed by atoms with Crippen molar-refractivity contribution >= 4 is 24.1 Å². The molecule has 0 radical (unpaired) electrons. The van der Waals surface area contributed by atoms with Crippen LogP contribution in [0.25, 0.3) is 0 Å². The molecule has 0 aromatic rings. The van der Waals surface area contributed by atoms with Crippen LogP contribution >= 0.6 is 20.1 Å². The first-order chi connectivity index (χ1) is 5.70. The minimum atomic E-state index is -1.90. The van der Waals surface area contributed by atoms with Gasteiger partial charge in [-0.2, -0.15) is 0 Å². The van der Waals surface area contributed by atoms with Gasteiger partial charge in [0.25, 0.3) is 0 Å². The van der Waals surface area contributed by atoms with E-state index >= 15 is 0 Å². The van der Waals surface area contributed by atoms with Gasteiger partial charge in [0.2, 0.25) is 0 Å². The van der Waals surface area contributed by atoms with Crippen LogP contribution in [0.5, 0.6) is 0 Å². The first kappa shape index (κ1) is 10.2. The Bertz CT molecular complexity index is 157. The van der Waals surface area contributed by atoms with Crippen molar-refractivity contribution in [2.45, 2.75) is 18.9 Å². The summed E-state index contributed by atoms with van der Waals surface area (Å²) < 4.78 is 15.5. The van der Waals surface area contributed by atoms with Gasteiger partial charge >= 0.3 is 79.4 Å². The number of hydrogen-bond acceptors (Lipinski definition) is 4. The maximum atomic E-state index is 11.0. The van der Waals surface area contributed by atoms with Crippen molar-refractivity contribution in [3.05, 3.63) is 0 Å². The molecular formula is C7H14INO3. The zero-order valence-corrected chi connectivity index (χ0v) is 9.24. The van der Waals surface area contributed by atoms with Crippen LogP contribution in [0.3, 0.4) is 0 Å². The SMILES string of the molecule is CI(N)C(=O)OCC1CCCO1. The van der Waals surface area contributed by atoms with Crippen LogP contribution < -0.4 is 3.95 Å². The molecule has 1 aliphatic heterocycles. The Morgan fingerprint density at radius 2 is 2.58 bits per heavy atom. The summed E-state index contributed by atoms with van der Waals surface area (Å²) in [6.07, 6.45) is 2.18. The van der Waals surface area contributed by atoms with Crippen molar-refractivity contribution in [1.82, 2.24) is 0 Å². The van der Waals surface area contributed by atoms with E-state index in [4.69, 9.17) is 13.4 Å². The standard InChI is InChI=1S/C7H14INO3/c1-8(9)7(10)12-5-6-3-2-4-11-6/h6H,2-5,9H2,1H3. The molecule has 1 heterocycles. The van der Waals surface area contributed by atoms with Crippen molar-refractivity contribution < 1.29 is 14.3 Å². The van der Waals surface area contributed by atoms with Crippen LogP contribution in [0, 0.1) is 0 Å². The van der Waals surface area contributed by atoms with Gasteiger partial charge in [-0.25, -0.2) is 0 Å². The molecule has 1 aliphatic rings. The number of rotatable bonds is 3. The Labute approximate surface area is 79.5 Å². The molecule has 1 atom stereocenters. The van der Waals surface area contributed by atoms with E-state index in [1.54, 1.807) is 4.93 Å². The quantitative estimate of drug-likeness (QED) is 0.368. The Morgan fingerprint density at radius 1 is 1.83 bits per heavy atom. The molecule has 5 heteroatoms. The zero-order valence-electron chi connectivity index (χ0n) is 7.09. The van der Waals surface area contributed by atoms with Gasteiger partial charge in [0.05, 0.1) is 0 Å². The topological polar surface area (TPSA) is 61.6 Å². The van der Waals surface area contributed by atoms with E-state index in [1.165, 1.54) is 0 Å². The van der Waals surface area contributed by atoms with Gasteiger partial charge in [-0.3, -0.25) is 0 Å². The first-order valence-corrected chi connectivity index (χ1v) is 8.30. The third-order valence-electron chi connectivity index (χ3n) is 1.65. The van der Waals surface area contributed by atoms with E-state index < -0.39 is 20.1 Å². The molecule has 0 bridgehead atoms. The predicted molar refractivity (Wildman–Crippen MR) is 54.5 cm³/mol. The monoisotopic (exact) mass is 287 g/mol. The van der Waals surface area contributed by atoms with E-state index in [-0.39, 0.29) is 10.1 Å². The van der Waals surface area contributed by atoms with Crippen LogP contribution in [0.2, 0.25) is 0 Å². The minimum absolute atomic E-state index is 0.116. The molecule has 0 aliphatic carbocycles. The van der Waals surface area contributed by atoms with Crippen LogP contribution in [0.1, 0.15) is 12.8 Å². The molecule has 1 saturated heterocycles. The van der Waals surface area contributed by atoms with Gasteiger partial charge in [-0.1, -0.05) is 0 Å². The number of carbonyl (C=O) groups excluding carboxylic acids is 1. The number of carbonyl (C=O) groups is 1. The third kappa shape index (κ3) is 3.24. The third-order valence-corrected chi connectivity index (χ3v) is 3.35. The van der Waals surface area contributed by atoms with Crippen molar-refractivity contribution in [3.8, 4) is 0 Å². The fraction of sp³-hybridized carbons (Fsp3) is 0.857. The van der Waals surface area contributed by atoms with Crippen molar-refractivity contribution in [1.29, 1.82) is 0 Å². The molecule has 2 N–H and O–H groups in total. The van der Waals surface area contributed by atoms with Gasteiger partial charge in [0, 0.05) is 0 Å². The first-order valence-electron chi connectivity index (χ1n) is 3.82. The second-order valence-corrected chi connectivity index (χ2v) is 6.53. The van der Waals surface area contributed by atoms with Gasteiger partial charge in [-0.05, 0) is 0 Å². The summed E-state index contributed by atoms with van der Waals surface area (Å²) in [5.74, 6) is 0. The molecule has 0 aromatic heterocycles. The Hall–Kier alpha value is 0.120. The van der Waals surface area contributed by atoms with Crippen LogP contribution in [-0.4, -0.2) is 28.2 Å². The van der Waals surface area contributed by atoms with Gasteiger partial charge in [0.15, 0.2) is 0 Å². The Kier molecular flexibility index (Phi) is 4.24. The van der Waals surface area contributed by atoms with Gasteiger partial charge in [-0.15, -0.1) is 0 Å². The average Bonchev–Trinajstić information content (AvgIpc) is 2.51. The molecule has 72 valence electrons. The molecule has 1 fully saturated rings.